The van der Waals surface area contributed by atoms with Crippen LogP contribution >= 0.6 is 0 Å². The number of nitrogens with zero attached hydrogens (tertiary/aromatic N) is 5. The highest BCUT2D eigenvalue weighted by molar-refractivity contribution is 5.97. The number of hydrogen-bond acceptors (Lipinski definition) is 18. The van der Waals surface area contributed by atoms with Crippen molar-refractivity contribution < 1.29 is 83.4 Å². The number of hydrogen-bond donors (Lipinski definition) is 15. The monoisotopic (exact) mass is 1090 g/mol. The number of carbonyl (C=O) groups is 11. The van der Waals surface area contributed by atoms with Crippen molar-refractivity contribution in [2.45, 2.75) is 101 Å². The van der Waals surface area contributed by atoms with Crippen molar-refractivity contribution in [1.82, 2.24) is 56.8 Å². The van der Waals surface area contributed by atoms with E-state index in [4.69, 9.17) is 11.5 Å². The van der Waals surface area contributed by atoms with E-state index < -0.39 is 134 Å². The van der Waals surface area contributed by atoms with Gasteiger partial charge in [0.15, 0.2) is 5.96 Å². The third kappa shape index (κ3) is 26.6. The van der Waals surface area contributed by atoms with Gasteiger partial charge in [0.1, 0.15) is 30.2 Å². The van der Waals surface area contributed by atoms with Crippen LogP contribution in [0.4, 0.5) is 0 Å². The Hall–Kier alpha value is -6.80. The minimum absolute atomic E-state index is 0.0254. The fourth-order valence-corrected chi connectivity index (χ4v) is 8.32. The number of nitrogens with two attached hydrogens (primary N) is 2. The standard InChI is InChI=1S/C45H78N14O17/c1-27(2)20-30(54-42(73)31(21-35(62)63)52-34(61)22-51-39(70)28-6-3-9-48-28)41(72)55-32(26-60)43(74)53-29(7-4-11-50-45(46)47)40(71)49-10-5-8-33(44(75)76)59-18-16-57(24-37(66)67)14-12-56(23-36(64)65)13-15-58(17-19-59)25-38(68)69/h27-33,48,60H,3-26H2,1-2H3,(H,49,71)(H,51,70)(H,52,61)(H,53,74)(H,54,73)(H,55,72)(H,62,63)(H,64,65)(H,66,67)(H,68,69)(H,75,76)(H4,46,47,50)/t28-,29?,30-,31-,32-,33?/m0/s1. The Labute approximate surface area is 439 Å². The number of amides is 6. The summed E-state index contributed by atoms with van der Waals surface area (Å²) < 4.78 is 0. The predicted molar refractivity (Wildman–Crippen MR) is 268 cm³/mol. The molecule has 17 N–H and O–H groups in total. The van der Waals surface area contributed by atoms with Gasteiger partial charge in [0.25, 0.3) is 0 Å². The second-order valence-corrected chi connectivity index (χ2v) is 18.9. The van der Waals surface area contributed by atoms with Crippen molar-refractivity contribution in [3.8, 4) is 0 Å². The number of nitrogens with one attached hydrogen (secondary N) is 7. The van der Waals surface area contributed by atoms with E-state index in [9.17, 15) is 83.4 Å². The molecule has 2 aliphatic rings. The van der Waals surface area contributed by atoms with E-state index in [1.54, 1.807) is 33.4 Å². The highest BCUT2D eigenvalue weighted by Gasteiger charge is 2.34. The normalized spacial score (nSPS) is 18.2. The lowest BCUT2D eigenvalue weighted by atomic mass is 10.0. The molecule has 31 heteroatoms. The van der Waals surface area contributed by atoms with E-state index in [0.717, 1.165) is 6.42 Å². The molecule has 2 heterocycles. The summed E-state index contributed by atoms with van der Waals surface area (Å²) in [7, 11) is 0. The average Bonchev–Trinajstić information content (AvgIpc) is 3.88. The summed E-state index contributed by atoms with van der Waals surface area (Å²) in [6.45, 7) is 1.82. The highest BCUT2D eigenvalue weighted by Crippen LogP contribution is 2.12. The second kappa shape index (κ2) is 34.7. The molecule has 2 saturated heterocycles. The van der Waals surface area contributed by atoms with Gasteiger partial charge in [-0.2, -0.15) is 0 Å². The summed E-state index contributed by atoms with van der Waals surface area (Å²) in [5, 5.41) is 76.3. The minimum atomic E-state index is -1.71. The van der Waals surface area contributed by atoms with Crippen molar-refractivity contribution >= 4 is 71.2 Å². The van der Waals surface area contributed by atoms with Crippen LogP contribution in [0.3, 0.4) is 0 Å². The van der Waals surface area contributed by atoms with Gasteiger partial charge in [0.05, 0.1) is 45.2 Å². The van der Waals surface area contributed by atoms with E-state index in [2.05, 4.69) is 42.2 Å². The minimum Gasteiger partial charge on any atom is -0.481 e. The average molecular weight is 1090 g/mol. The van der Waals surface area contributed by atoms with Crippen molar-refractivity contribution in [3.63, 3.8) is 0 Å². The lowest BCUT2D eigenvalue weighted by molar-refractivity contribution is -0.145. The van der Waals surface area contributed by atoms with Crippen molar-refractivity contribution in [1.29, 1.82) is 0 Å². The number of carboxylic acid groups (broad SMARTS) is 5. The van der Waals surface area contributed by atoms with Crippen molar-refractivity contribution in [2.24, 2.45) is 22.4 Å². The van der Waals surface area contributed by atoms with Crippen LogP contribution in [0.25, 0.3) is 0 Å². The van der Waals surface area contributed by atoms with Crippen LogP contribution in [0.1, 0.15) is 65.2 Å². The molecule has 0 aliphatic carbocycles. The number of guanidine groups is 1. The topological polar surface area (TPSA) is 471 Å². The van der Waals surface area contributed by atoms with Gasteiger partial charge in [-0.15, -0.1) is 0 Å². The highest BCUT2D eigenvalue weighted by atomic mass is 16.4. The maximum Gasteiger partial charge on any atom is 0.320 e. The number of aliphatic imine (C=N–C) groups is 1. The zero-order valence-corrected chi connectivity index (χ0v) is 43.1. The van der Waals surface area contributed by atoms with Crippen LogP contribution in [0, 0.1) is 5.92 Å². The summed E-state index contributed by atoms with van der Waals surface area (Å²) in [4.78, 5) is 149. The third-order valence-corrected chi connectivity index (χ3v) is 12.2. The molecule has 0 aromatic carbocycles. The Morgan fingerprint density at radius 3 is 1.61 bits per heavy atom. The zero-order valence-electron chi connectivity index (χ0n) is 43.1. The maximum atomic E-state index is 13.7. The Morgan fingerprint density at radius 1 is 0.618 bits per heavy atom. The van der Waals surface area contributed by atoms with E-state index in [0.29, 0.717) is 13.0 Å². The van der Waals surface area contributed by atoms with Crippen LogP contribution in [0.5, 0.6) is 0 Å². The number of aliphatic hydroxyl groups excluding tert-OH is 1. The molecule has 2 unspecified atom stereocenters. The molecular formula is C45H78N14O17. The first-order valence-corrected chi connectivity index (χ1v) is 25.0. The van der Waals surface area contributed by atoms with E-state index in [1.165, 1.54) is 0 Å². The Morgan fingerprint density at radius 2 is 1.13 bits per heavy atom. The summed E-state index contributed by atoms with van der Waals surface area (Å²) in [5.41, 5.74) is 10.9. The lowest BCUT2D eigenvalue weighted by Gasteiger charge is -2.35. The fourth-order valence-electron chi connectivity index (χ4n) is 8.32. The van der Waals surface area contributed by atoms with E-state index >= 15 is 0 Å². The molecule has 0 aromatic rings. The Balaban J connectivity index is 2.21. The van der Waals surface area contributed by atoms with Gasteiger partial charge in [0.2, 0.25) is 35.4 Å². The van der Waals surface area contributed by atoms with Gasteiger partial charge in [-0.05, 0) is 57.4 Å². The molecule has 0 aromatic heterocycles. The van der Waals surface area contributed by atoms with E-state index in [-0.39, 0.29) is 116 Å². The summed E-state index contributed by atoms with van der Waals surface area (Å²) in [6.07, 6.45) is 0.398. The molecule has 6 amide bonds. The van der Waals surface area contributed by atoms with Gasteiger partial charge in [-0.3, -0.25) is 77.3 Å². The molecule has 0 spiro atoms. The molecule has 0 bridgehead atoms. The lowest BCUT2D eigenvalue weighted by Crippen LogP contribution is -2.59. The van der Waals surface area contributed by atoms with Crippen LogP contribution in [-0.4, -0.2) is 263 Å². The van der Waals surface area contributed by atoms with Gasteiger partial charge in [-0.1, -0.05) is 13.8 Å². The van der Waals surface area contributed by atoms with Crippen molar-refractivity contribution in [2.75, 3.05) is 105 Å². The molecule has 2 aliphatic heterocycles. The van der Waals surface area contributed by atoms with Crippen LogP contribution in [0.15, 0.2) is 4.99 Å². The zero-order chi connectivity index (χ0) is 56.9. The first kappa shape index (κ1) is 65.3. The number of carboxylic acids is 5. The molecule has 0 saturated carbocycles. The van der Waals surface area contributed by atoms with E-state index in [1.807, 2.05) is 0 Å². The van der Waals surface area contributed by atoms with Crippen LogP contribution < -0.4 is 48.7 Å². The molecule has 31 nitrogen and oxygen atoms in total. The molecular weight excluding hydrogens is 1010 g/mol. The van der Waals surface area contributed by atoms with Gasteiger partial charge < -0.3 is 79.3 Å². The smallest absolute Gasteiger partial charge is 0.320 e. The molecule has 2 rings (SSSR count). The molecule has 76 heavy (non-hydrogen) atoms. The molecule has 2 fully saturated rings. The Kier molecular flexibility index (Phi) is 29.8. The molecule has 430 valence electrons. The number of rotatable bonds is 32. The largest absolute Gasteiger partial charge is 0.481 e. The SMILES string of the molecule is CC(C)C[C@H](NC(=O)[C@H](CC(=O)O)NC(=O)CNC(=O)[C@@H]1CCCN1)C(=O)N[C@@H](CO)C(=O)NC(CCCN=C(N)N)C(=O)NCCCC(C(=O)O)N1CCN(CC(=O)O)CCN(CC(=O)O)CCN(CC(=O)O)CC1. The predicted octanol–water partition coefficient (Wildman–Crippen LogP) is -6.81. The van der Waals surface area contributed by atoms with Gasteiger partial charge >= 0.3 is 29.8 Å². The summed E-state index contributed by atoms with van der Waals surface area (Å²) in [6, 6.07) is -7.89. The first-order chi connectivity index (χ1) is 35.9. The van der Waals surface area contributed by atoms with Crippen LogP contribution in [-0.2, 0) is 52.7 Å². The molecule has 6 atom stereocenters. The second-order valence-electron chi connectivity index (χ2n) is 18.9. The fraction of sp³-hybridized carbons (Fsp3) is 0.733. The van der Waals surface area contributed by atoms with Gasteiger partial charge in [-0.25, -0.2) is 0 Å². The van der Waals surface area contributed by atoms with Crippen LogP contribution in [0.2, 0.25) is 0 Å². The first-order valence-electron chi connectivity index (χ1n) is 25.0. The third-order valence-electron chi connectivity index (χ3n) is 12.2. The Bertz CT molecular complexity index is 1970. The quantitative estimate of drug-likeness (QED) is 0.0169. The number of aliphatic carboxylic acids is 5. The van der Waals surface area contributed by atoms with Gasteiger partial charge in [0, 0.05) is 65.4 Å². The summed E-state index contributed by atoms with van der Waals surface area (Å²) >= 11 is 0. The van der Waals surface area contributed by atoms with Crippen molar-refractivity contribution in [3.05, 3.63) is 0 Å². The summed E-state index contributed by atoms with van der Waals surface area (Å²) in [5.74, 6) is -11.9. The number of carbonyl (C=O) groups excluding carboxylic acids is 6. The molecule has 0 radical (unpaired) electrons. The maximum absolute atomic E-state index is 13.7. The number of aliphatic hydroxyl groups is 1.